The van der Waals surface area contributed by atoms with E-state index in [9.17, 15) is 9.18 Å². The van der Waals surface area contributed by atoms with Crippen LogP contribution in [0.3, 0.4) is 0 Å². The molecular weight excluding hydrogens is 245 g/mol. The fraction of sp³-hybridized carbons (Fsp3) is 0.500. The third-order valence-electron chi connectivity index (χ3n) is 3.17. The van der Waals surface area contributed by atoms with E-state index in [0.717, 1.165) is 0 Å². The second kappa shape index (κ2) is 5.67. The van der Waals surface area contributed by atoms with E-state index in [1.807, 2.05) is 25.9 Å². The molecule has 5 heteroatoms. The summed E-state index contributed by atoms with van der Waals surface area (Å²) in [6.07, 6.45) is 0. The summed E-state index contributed by atoms with van der Waals surface area (Å²) in [7, 11) is 3.86. The predicted molar refractivity (Wildman–Crippen MR) is 73.7 cm³/mol. The number of carbonyl (C=O) groups is 1. The molecule has 1 saturated heterocycles. The Bertz CT molecular complexity index is 462. The Balaban J connectivity index is 2.22. The number of carbonyl (C=O) groups excluding carboxylic acids is 1. The number of nitrogens with one attached hydrogen (secondary N) is 1. The molecule has 0 aromatic heterocycles. The zero-order chi connectivity index (χ0) is 14.0. The molecule has 2 atom stereocenters. The van der Waals surface area contributed by atoms with E-state index in [2.05, 4.69) is 5.32 Å². The highest BCUT2D eigenvalue weighted by molar-refractivity contribution is 5.98. The third-order valence-corrected chi connectivity index (χ3v) is 3.17. The Labute approximate surface area is 113 Å². The van der Waals surface area contributed by atoms with Gasteiger partial charge >= 0.3 is 0 Å². The second-order valence-corrected chi connectivity index (χ2v) is 5.31. The van der Waals surface area contributed by atoms with Crippen LogP contribution in [-0.4, -0.2) is 50.1 Å². The van der Waals surface area contributed by atoms with Crippen molar-refractivity contribution in [3.63, 3.8) is 0 Å². The smallest absolute Gasteiger partial charge is 0.245 e. The first-order valence-corrected chi connectivity index (χ1v) is 6.45. The Kier molecular flexibility index (Phi) is 4.17. The van der Waals surface area contributed by atoms with Crippen LogP contribution in [-0.2, 0) is 4.79 Å². The number of hydrogen-bond donors (Lipinski definition) is 1. The molecule has 1 fully saturated rings. The largest absolute Gasteiger partial charge is 0.309 e. The lowest BCUT2D eigenvalue weighted by molar-refractivity contribution is -0.122. The lowest BCUT2D eigenvalue weighted by Crippen LogP contribution is -2.62. The van der Waals surface area contributed by atoms with Gasteiger partial charge in [-0.2, -0.15) is 0 Å². The number of amides is 1. The van der Waals surface area contributed by atoms with Crippen molar-refractivity contribution < 1.29 is 9.18 Å². The van der Waals surface area contributed by atoms with Gasteiger partial charge in [0.05, 0.1) is 0 Å². The van der Waals surface area contributed by atoms with E-state index in [4.69, 9.17) is 0 Å². The SMILES string of the molecule is CC1CN(c2cccc(F)c2)C(=O)C(CN(C)C)N1. The molecule has 0 saturated carbocycles. The van der Waals surface area contributed by atoms with Crippen LogP contribution in [0.25, 0.3) is 0 Å². The highest BCUT2D eigenvalue weighted by atomic mass is 19.1. The number of anilines is 1. The molecule has 1 amide bonds. The quantitative estimate of drug-likeness (QED) is 0.888. The standard InChI is InChI=1S/C14H20FN3O/c1-10-8-18(12-6-4-5-11(15)7-12)14(19)13(16-10)9-17(2)3/h4-7,10,13,16H,8-9H2,1-3H3. The van der Waals surface area contributed by atoms with Crippen LogP contribution in [0.5, 0.6) is 0 Å². The highest BCUT2D eigenvalue weighted by Gasteiger charge is 2.32. The van der Waals surface area contributed by atoms with Crippen LogP contribution in [0.2, 0.25) is 0 Å². The minimum atomic E-state index is -0.319. The predicted octanol–water partition coefficient (Wildman–Crippen LogP) is 1.08. The molecule has 1 aliphatic rings. The number of nitrogens with zero attached hydrogens (tertiary/aromatic N) is 2. The van der Waals surface area contributed by atoms with Gasteiger partial charge in [0.15, 0.2) is 0 Å². The van der Waals surface area contributed by atoms with Crippen LogP contribution in [0.4, 0.5) is 10.1 Å². The molecule has 4 nitrogen and oxygen atoms in total. The monoisotopic (exact) mass is 265 g/mol. The van der Waals surface area contributed by atoms with Crippen molar-refractivity contribution in [1.82, 2.24) is 10.2 Å². The number of benzene rings is 1. The van der Waals surface area contributed by atoms with Crippen molar-refractivity contribution in [2.75, 3.05) is 32.1 Å². The molecule has 1 aromatic rings. The maximum atomic E-state index is 13.3. The Morgan fingerprint density at radius 1 is 1.47 bits per heavy atom. The summed E-state index contributed by atoms with van der Waals surface area (Å²) in [6, 6.07) is 6.13. The van der Waals surface area contributed by atoms with Crippen LogP contribution < -0.4 is 10.2 Å². The average Bonchev–Trinajstić information content (AvgIpc) is 2.32. The van der Waals surface area contributed by atoms with Crippen molar-refractivity contribution in [3.05, 3.63) is 30.1 Å². The fourth-order valence-electron chi connectivity index (χ4n) is 2.39. The van der Waals surface area contributed by atoms with Gasteiger partial charge in [-0.3, -0.25) is 4.79 Å². The van der Waals surface area contributed by atoms with E-state index in [-0.39, 0.29) is 23.8 Å². The van der Waals surface area contributed by atoms with Gasteiger partial charge in [0.2, 0.25) is 5.91 Å². The Morgan fingerprint density at radius 3 is 2.84 bits per heavy atom. The molecule has 1 aromatic carbocycles. The molecule has 19 heavy (non-hydrogen) atoms. The zero-order valence-electron chi connectivity index (χ0n) is 11.6. The first kappa shape index (κ1) is 14.0. The van der Waals surface area contributed by atoms with E-state index >= 15 is 0 Å². The summed E-state index contributed by atoms with van der Waals surface area (Å²) >= 11 is 0. The van der Waals surface area contributed by atoms with E-state index in [1.165, 1.54) is 12.1 Å². The lowest BCUT2D eigenvalue weighted by atomic mass is 10.1. The maximum absolute atomic E-state index is 13.3. The summed E-state index contributed by atoms with van der Waals surface area (Å²) in [5.74, 6) is -0.321. The van der Waals surface area contributed by atoms with E-state index < -0.39 is 0 Å². The molecule has 2 rings (SSSR count). The first-order valence-electron chi connectivity index (χ1n) is 6.45. The molecule has 0 radical (unpaired) electrons. The zero-order valence-corrected chi connectivity index (χ0v) is 11.6. The number of rotatable bonds is 3. The van der Waals surface area contributed by atoms with Crippen molar-refractivity contribution in [2.45, 2.75) is 19.0 Å². The summed E-state index contributed by atoms with van der Waals surface area (Å²) in [6.45, 7) is 3.22. The molecular formula is C14H20FN3O. The molecule has 1 aliphatic heterocycles. The normalized spacial score (nSPS) is 24.1. The summed E-state index contributed by atoms with van der Waals surface area (Å²) in [5, 5.41) is 3.29. The molecule has 0 bridgehead atoms. The summed E-state index contributed by atoms with van der Waals surface area (Å²) in [4.78, 5) is 16.1. The third kappa shape index (κ3) is 3.30. The van der Waals surface area contributed by atoms with E-state index in [1.54, 1.807) is 17.0 Å². The van der Waals surface area contributed by atoms with Crippen molar-refractivity contribution in [3.8, 4) is 0 Å². The Hall–Kier alpha value is -1.46. The van der Waals surface area contributed by atoms with Gasteiger partial charge in [-0.1, -0.05) is 6.07 Å². The molecule has 1 N–H and O–H groups in total. The lowest BCUT2D eigenvalue weighted by Gasteiger charge is -2.38. The highest BCUT2D eigenvalue weighted by Crippen LogP contribution is 2.19. The van der Waals surface area contributed by atoms with Gasteiger partial charge < -0.3 is 15.1 Å². The van der Waals surface area contributed by atoms with Gasteiger partial charge in [-0.25, -0.2) is 4.39 Å². The van der Waals surface area contributed by atoms with Gasteiger partial charge in [0, 0.05) is 24.8 Å². The average molecular weight is 265 g/mol. The van der Waals surface area contributed by atoms with Crippen LogP contribution in [0, 0.1) is 5.82 Å². The van der Waals surface area contributed by atoms with Gasteiger partial charge in [-0.05, 0) is 39.2 Å². The molecule has 104 valence electrons. The minimum Gasteiger partial charge on any atom is -0.309 e. The fourth-order valence-corrected chi connectivity index (χ4v) is 2.39. The summed E-state index contributed by atoms with van der Waals surface area (Å²) in [5.41, 5.74) is 0.627. The maximum Gasteiger partial charge on any atom is 0.245 e. The number of likely N-dealkylation sites (N-methyl/N-ethyl adjacent to an activating group) is 1. The van der Waals surface area contributed by atoms with Gasteiger partial charge in [-0.15, -0.1) is 0 Å². The van der Waals surface area contributed by atoms with Crippen molar-refractivity contribution >= 4 is 11.6 Å². The summed E-state index contributed by atoms with van der Waals surface area (Å²) < 4.78 is 13.3. The molecule has 0 aliphatic carbocycles. The second-order valence-electron chi connectivity index (χ2n) is 5.31. The van der Waals surface area contributed by atoms with Gasteiger partial charge in [0.25, 0.3) is 0 Å². The topological polar surface area (TPSA) is 35.6 Å². The van der Waals surface area contributed by atoms with E-state index in [0.29, 0.717) is 18.8 Å². The van der Waals surface area contributed by atoms with Crippen LogP contribution in [0.15, 0.2) is 24.3 Å². The number of hydrogen-bond acceptors (Lipinski definition) is 3. The molecule has 2 unspecified atom stereocenters. The van der Waals surface area contributed by atoms with Gasteiger partial charge in [0.1, 0.15) is 11.9 Å². The van der Waals surface area contributed by atoms with Crippen LogP contribution in [0.1, 0.15) is 6.92 Å². The van der Waals surface area contributed by atoms with Crippen molar-refractivity contribution in [2.24, 2.45) is 0 Å². The molecule has 0 spiro atoms. The minimum absolute atomic E-state index is 0.00241. The number of piperazine rings is 1. The Morgan fingerprint density at radius 2 is 2.21 bits per heavy atom. The van der Waals surface area contributed by atoms with Crippen LogP contribution >= 0.6 is 0 Å². The van der Waals surface area contributed by atoms with Crippen molar-refractivity contribution in [1.29, 1.82) is 0 Å². The first-order chi connectivity index (χ1) is 8.97. The number of halogens is 1. The molecule has 1 heterocycles.